The van der Waals surface area contributed by atoms with Crippen molar-refractivity contribution in [3.63, 3.8) is 0 Å². The van der Waals surface area contributed by atoms with Crippen molar-refractivity contribution in [1.82, 2.24) is 9.80 Å². The molecule has 2 N–H and O–H groups in total. The van der Waals surface area contributed by atoms with Crippen LogP contribution < -0.4 is 0 Å². The first-order valence-electron chi connectivity index (χ1n) is 5.32. The van der Waals surface area contributed by atoms with E-state index >= 15 is 0 Å². The van der Waals surface area contributed by atoms with Crippen LogP contribution >= 0.6 is 0 Å². The Kier molecular flexibility index (Phi) is 9.26. The second-order valence-electron chi connectivity index (χ2n) is 3.65. The molecule has 15 heavy (non-hydrogen) atoms. The van der Waals surface area contributed by atoms with E-state index < -0.39 is 0 Å². The van der Waals surface area contributed by atoms with Crippen LogP contribution in [-0.2, 0) is 5.04 Å². The van der Waals surface area contributed by atoms with Crippen molar-refractivity contribution in [3.8, 4) is 0 Å². The quantitative estimate of drug-likeness (QED) is 0.421. The molecule has 0 aromatic heterocycles. The van der Waals surface area contributed by atoms with Crippen molar-refractivity contribution in [3.05, 3.63) is 12.4 Å². The summed E-state index contributed by atoms with van der Waals surface area (Å²) in [5, 5.41) is 15.5. The van der Waals surface area contributed by atoms with Crippen LogP contribution in [0.5, 0.6) is 0 Å². The van der Waals surface area contributed by atoms with Crippen molar-refractivity contribution in [2.24, 2.45) is 0 Å². The predicted molar refractivity (Wildman–Crippen MR) is 59.0 cm³/mol. The Morgan fingerprint density at radius 2 is 1.87 bits per heavy atom. The maximum Gasteiger partial charge on any atom is 0.0890 e. The lowest BCUT2D eigenvalue weighted by molar-refractivity contribution is -0.465. The number of hydrogen-bond donors (Lipinski definition) is 2. The van der Waals surface area contributed by atoms with Crippen LogP contribution in [0.1, 0.15) is 32.6 Å². The molecule has 5 heteroatoms. The normalized spacial score (nSPS) is 14.1. The molecule has 0 saturated heterocycles. The molecular formula is C10H22N2O3. The summed E-state index contributed by atoms with van der Waals surface area (Å²) in [6, 6.07) is 0. The minimum absolute atomic E-state index is 1.08. The molecule has 0 bridgehead atoms. The highest BCUT2D eigenvalue weighted by Gasteiger charge is 2.06. The Morgan fingerprint density at radius 3 is 2.33 bits per heavy atom. The first kappa shape index (κ1) is 14.2. The van der Waals surface area contributed by atoms with Gasteiger partial charge in [-0.2, -0.15) is 0 Å². The lowest BCUT2D eigenvalue weighted by Gasteiger charge is -2.17. The molecule has 0 aromatic carbocycles. The van der Waals surface area contributed by atoms with Gasteiger partial charge in [-0.3, -0.25) is 0 Å². The van der Waals surface area contributed by atoms with Crippen LogP contribution in [-0.4, -0.2) is 40.6 Å². The Labute approximate surface area is 91.4 Å². The maximum absolute atomic E-state index is 6.62. The second kappa shape index (κ2) is 9.76. The SMILES string of the molecule is CCCCCCN1C=CN(C)C1.OOO. The van der Waals surface area contributed by atoms with E-state index in [-0.39, 0.29) is 0 Å². The molecule has 5 nitrogen and oxygen atoms in total. The smallest absolute Gasteiger partial charge is 0.0890 e. The lowest BCUT2D eigenvalue weighted by atomic mass is 10.2. The average Bonchev–Trinajstić information content (AvgIpc) is 2.60. The number of unbranched alkanes of at least 4 members (excludes halogenated alkanes) is 3. The van der Waals surface area contributed by atoms with Crippen molar-refractivity contribution >= 4 is 0 Å². The van der Waals surface area contributed by atoms with Gasteiger partial charge in [-0.25, -0.2) is 10.5 Å². The van der Waals surface area contributed by atoms with Gasteiger partial charge in [-0.1, -0.05) is 31.2 Å². The minimum Gasteiger partial charge on any atom is -0.362 e. The fourth-order valence-corrected chi connectivity index (χ4v) is 1.48. The lowest BCUT2D eigenvalue weighted by Crippen LogP contribution is -2.23. The van der Waals surface area contributed by atoms with Gasteiger partial charge in [0.1, 0.15) is 0 Å². The van der Waals surface area contributed by atoms with Crippen LogP contribution in [0.25, 0.3) is 0 Å². The summed E-state index contributed by atoms with van der Waals surface area (Å²) in [4.78, 5) is 4.58. The van der Waals surface area contributed by atoms with E-state index in [1.165, 1.54) is 32.2 Å². The van der Waals surface area contributed by atoms with Crippen LogP contribution in [0.4, 0.5) is 0 Å². The third-order valence-corrected chi connectivity index (χ3v) is 2.24. The van der Waals surface area contributed by atoms with Gasteiger partial charge in [0, 0.05) is 26.0 Å². The molecule has 90 valence electrons. The molecule has 0 fully saturated rings. The van der Waals surface area contributed by atoms with Gasteiger partial charge in [0.25, 0.3) is 0 Å². The van der Waals surface area contributed by atoms with E-state index in [0.29, 0.717) is 0 Å². The first-order chi connectivity index (χ1) is 7.24. The van der Waals surface area contributed by atoms with Gasteiger partial charge in [-0.15, -0.1) is 0 Å². The molecule has 1 rings (SSSR count). The standard InChI is InChI=1S/C10H20N2.H2O3/c1-3-4-5-6-7-12-9-8-11(2)10-12;1-3-2/h8-9H,3-7,10H2,1-2H3;1-2H. The fraction of sp³-hybridized carbons (Fsp3) is 0.800. The highest BCUT2D eigenvalue weighted by atomic mass is 17.4. The summed E-state index contributed by atoms with van der Waals surface area (Å²) >= 11 is 0. The number of nitrogens with zero attached hydrogens (tertiary/aromatic N) is 2. The van der Waals surface area contributed by atoms with Gasteiger partial charge in [0.15, 0.2) is 0 Å². The van der Waals surface area contributed by atoms with Gasteiger partial charge < -0.3 is 9.80 Å². The molecule has 1 aliphatic rings. The Bertz CT molecular complexity index is 165. The summed E-state index contributed by atoms with van der Waals surface area (Å²) in [6.07, 6.45) is 9.76. The molecule has 1 heterocycles. The van der Waals surface area contributed by atoms with Gasteiger partial charge in [-0.05, 0) is 6.42 Å². The average molecular weight is 218 g/mol. The Balaban J connectivity index is 0.000000583. The topological polar surface area (TPSA) is 56.2 Å². The zero-order valence-electron chi connectivity index (χ0n) is 9.59. The molecular weight excluding hydrogens is 196 g/mol. The third-order valence-electron chi connectivity index (χ3n) is 2.24. The summed E-state index contributed by atoms with van der Waals surface area (Å²) in [6.45, 7) is 4.55. The monoisotopic (exact) mass is 218 g/mol. The molecule has 1 aliphatic heterocycles. The maximum atomic E-state index is 6.62. The van der Waals surface area contributed by atoms with Crippen LogP contribution in [0.15, 0.2) is 12.4 Å². The van der Waals surface area contributed by atoms with Crippen LogP contribution in [0.2, 0.25) is 0 Å². The Morgan fingerprint density at radius 1 is 1.20 bits per heavy atom. The van der Waals surface area contributed by atoms with Crippen molar-refractivity contribution in [1.29, 1.82) is 0 Å². The molecule has 0 atom stereocenters. The van der Waals surface area contributed by atoms with Gasteiger partial charge >= 0.3 is 0 Å². The zero-order chi connectivity index (χ0) is 11.5. The van der Waals surface area contributed by atoms with E-state index in [9.17, 15) is 0 Å². The number of hydrogen-bond acceptors (Lipinski definition) is 5. The van der Waals surface area contributed by atoms with Crippen molar-refractivity contribution in [2.45, 2.75) is 32.6 Å². The molecule has 0 aliphatic carbocycles. The minimum atomic E-state index is 1.08. The zero-order valence-corrected chi connectivity index (χ0v) is 9.59. The van der Waals surface area contributed by atoms with E-state index in [1.807, 2.05) is 0 Å². The summed E-state index contributed by atoms with van der Waals surface area (Å²) in [7, 11) is 2.11. The van der Waals surface area contributed by atoms with Crippen molar-refractivity contribution < 1.29 is 15.6 Å². The van der Waals surface area contributed by atoms with Gasteiger partial charge in [0.05, 0.1) is 6.67 Å². The molecule has 0 amide bonds. The highest BCUT2D eigenvalue weighted by Crippen LogP contribution is 2.06. The highest BCUT2D eigenvalue weighted by molar-refractivity contribution is 4.88. The second-order valence-corrected chi connectivity index (χ2v) is 3.65. The largest absolute Gasteiger partial charge is 0.362 e. The van der Waals surface area contributed by atoms with E-state index in [2.05, 4.69) is 41.2 Å². The van der Waals surface area contributed by atoms with Gasteiger partial charge in [0.2, 0.25) is 0 Å². The first-order valence-corrected chi connectivity index (χ1v) is 5.32. The van der Waals surface area contributed by atoms with E-state index in [4.69, 9.17) is 10.5 Å². The number of rotatable bonds is 5. The molecule has 0 spiro atoms. The third kappa shape index (κ3) is 8.23. The van der Waals surface area contributed by atoms with Crippen LogP contribution in [0, 0.1) is 0 Å². The predicted octanol–water partition coefficient (Wildman–Crippen LogP) is 2.19. The molecule has 0 aromatic rings. The summed E-state index contributed by atoms with van der Waals surface area (Å²) in [5.41, 5.74) is 0. The fourth-order valence-electron chi connectivity index (χ4n) is 1.48. The van der Waals surface area contributed by atoms with Crippen molar-refractivity contribution in [2.75, 3.05) is 20.3 Å². The summed E-state index contributed by atoms with van der Waals surface area (Å²) in [5.74, 6) is 0. The van der Waals surface area contributed by atoms with E-state index in [0.717, 1.165) is 6.67 Å². The van der Waals surface area contributed by atoms with Crippen LogP contribution in [0.3, 0.4) is 0 Å². The molecule has 0 saturated carbocycles. The Hall–Kier alpha value is -0.780. The van der Waals surface area contributed by atoms with E-state index in [1.54, 1.807) is 0 Å². The molecule has 0 radical (unpaired) electrons. The molecule has 0 unspecified atom stereocenters. The summed E-state index contributed by atoms with van der Waals surface area (Å²) < 4.78 is 0.